The lowest BCUT2D eigenvalue weighted by Gasteiger charge is -2.30. The maximum atomic E-state index is 11.8. The van der Waals surface area contributed by atoms with Crippen molar-refractivity contribution in [1.82, 2.24) is 10.3 Å². The first-order valence-electron chi connectivity index (χ1n) is 6.27. The Labute approximate surface area is 115 Å². The van der Waals surface area contributed by atoms with Crippen molar-refractivity contribution < 1.29 is 4.79 Å². The quantitative estimate of drug-likeness (QED) is 0.891. The number of nitrogens with two attached hydrogens (primary N) is 1. The van der Waals surface area contributed by atoms with Crippen molar-refractivity contribution in [3.63, 3.8) is 0 Å². The topological polar surface area (TPSA) is 68.0 Å². The number of hydrogen-bond donors (Lipinski definition) is 2. The van der Waals surface area contributed by atoms with E-state index in [-0.39, 0.29) is 5.91 Å². The minimum atomic E-state index is 0.00896. The molecule has 1 heterocycles. The predicted molar refractivity (Wildman–Crippen MR) is 76.1 cm³/mol. The fraction of sp³-hybridized carbons (Fsp3) is 0.286. The summed E-state index contributed by atoms with van der Waals surface area (Å²) in [6, 6.07) is 8.38. The molecular weight excluding hydrogens is 258 g/mol. The Morgan fingerprint density at radius 1 is 1.47 bits per heavy atom. The highest BCUT2D eigenvalue weighted by atomic mass is 32.1. The van der Waals surface area contributed by atoms with Gasteiger partial charge in [-0.1, -0.05) is 24.3 Å². The van der Waals surface area contributed by atoms with Crippen LogP contribution in [0.5, 0.6) is 0 Å². The van der Waals surface area contributed by atoms with Crippen LogP contribution in [0.1, 0.15) is 22.7 Å². The van der Waals surface area contributed by atoms with Gasteiger partial charge in [0.15, 0.2) is 5.13 Å². The van der Waals surface area contributed by atoms with E-state index >= 15 is 0 Å². The molecular formula is C14H15N3OS. The van der Waals surface area contributed by atoms with Gasteiger partial charge >= 0.3 is 0 Å². The number of amides is 1. The number of nitrogen functional groups attached to an aromatic ring is 1. The second-order valence-corrected chi connectivity index (χ2v) is 5.65. The summed E-state index contributed by atoms with van der Waals surface area (Å²) < 4.78 is 0. The second kappa shape index (κ2) is 5.01. The molecule has 0 bridgehead atoms. The van der Waals surface area contributed by atoms with Crippen LogP contribution < -0.4 is 11.1 Å². The van der Waals surface area contributed by atoms with Crippen LogP contribution in [0.15, 0.2) is 29.6 Å². The van der Waals surface area contributed by atoms with Gasteiger partial charge in [-0.25, -0.2) is 4.98 Å². The van der Waals surface area contributed by atoms with Crippen molar-refractivity contribution in [3.8, 4) is 0 Å². The first-order chi connectivity index (χ1) is 9.22. The Hall–Kier alpha value is -1.88. The lowest BCUT2D eigenvalue weighted by Crippen LogP contribution is -2.34. The molecule has 98 valence electrons. The van der Waals surface area contributed by atoms with Gasteiger partial charge in [0, 0.05) is 17.8 Å². The molecule has 1 aliphatic carbocycles. The van der Waals surface area contributed by atoms with Gasteiger partial charge in [0.2, 0.25) is 5.91 Å². The van der Waals surface area contributed by atoms with Crippen molar-refractivity contribution in [2.75, 3.05) is 12.3 Å². The molecule has 0 spiro atoms. The van der Waals surface area contributed by atoms with Crippen LogP contribution >= 0.6 is 11.3 Å². The largest absolute Gasteiger partial charge is 0.375 e. The van der Waals surface area contributed by atoms with Gasteiger partial charge in [0.1, 0.15) is 0 Å². The predicted octanol–water partition coefficient (Wildman–Crippen LogP) is 1.72. The Bertz CT molecular complexity index is 608. The first kappa shape index (κ1) is 12.2. The first-order valence-corrected chi connectivity index (χ1v) is 7.14. The van der Waals surface area contributed by atoms with Crippen molar-refractivity contribution in [1.29, 1.82) is 0 Å². The fourth-order valence-electron chi connectivity index (χ4n) is 2.41. The highest BCUT2D eigenvalue weighted by Crippen LogP contribution is 2.33. The van der Waals surface area contributed by atoms with Crippen LogP contribution in [0.3, 0.4) is 0 Å². The maximum Gasteiger partial charge on any atom is 0.226 e. The molecule has 1 atom stereocenters. The number of benzene rings is 1. The highest BCUT2D eigenvalue weighted by Gasteiger charge is 2.25. The van der Waals surface area contributed by atoms with Crippen LogP contribution in [0.25, 0.3) is 0 Å². The minimum absolute atomic E-state index is 0.00896. The molecule has 0 saturated heterocycles. The summed E-state index contributed by atoms with van der Waals surface area (Å²) in [6.45, 7) is 0.704. The molecule has 0 fully saturated rings. The van der Waals surface area contributed by atoms with E-state index in [0.717, 1.165) is 12.1 Å². The molecule has 0 aliphatic heterocycles. The summed E-state index contributed by atoms with van der Waals surface area (Å²) >= 11 is 1.36. The SMILES string of the molecule is Nc1nc(CC(=O)NCC2Cc3ccccc32)cs1. The van der Waals surface area contributed by atoms with Gasteiger partial charge in [-0.2, -0.15) is 0 Å². The zero-order chi connectivity index (χ0) is 13.2. The molecule has 1 aromatic carbocycles. The number of carbonyl (C=O) groups is 1. The second-order valence-electron chi connectivity index (χ2n) is 4.76. The Balaban J connectivity index is 1.50. The maximum absolute atomic E-state index is 11.8. The molecule has 1 aromatic heterocycles. The van der Waals surface area contributed by atoms with Gasteiger partial charge in [-0.15, -0.1) is 11.3 Å². The van der Waals surface area contributed by atoms with E-state index in [0.29, 0.717) is 24.0 Å². The third-order valence-corrected chi connectivity index (χ3v) is 4.14. The number of thiazole rings is 1. The number of anilines is 1. The summed E-state index contributed by atoms with van der Waals surface area (Å²) in [5, 5.41) is 5.30. The van der Waals surface area contributed by atoms with E-state index in [4.69, 9.17) is 5.73 Å². The molecule has 5 heteroatoms. The van der Waals surface area contributed by atoms with Crippen molar-refractivity contribution in [2.45, 2.75) is 18.8 Å². The van der Waals surface area contributed by atoms with Crippen LogP contribution in [-0.2, 0) is 17.6 Å². The van der Waals surface area contributed by atoms with Crippen LogP contribution in [0.2, 0.25) is 0 Å². The summed E-state index contributed by atoms with van der Waals surface area (Å²) in [4.78, 5) is 15.9. The smallest absolute Gasteiger partial charge is 0.226 e. The van der Waals surface area contributed by atoms with Gasteiger partial charge in [-0.05, 0) is 17.5 Å². The van der Waals surface area contributed by atoms with Crippen LogP contribution in [-0.4, -0.2) is 17.4 Å². The van der Waals surface area contributed by atoms with E-state index in [1.165, 1.54) is 22.5 Å². The average Bonchev–Trinajstić information content (AvgIpc) is 2.76. The molecule has 1 amide bonds. The molecule has 0 radical (unpaired) electrons. The standard InChI is InChI=1S/C14H15N3OS/c15-14-17-11(8-19-14)6-13(18)16-7-10-5-9-3-1-2-4-12(9)10/h1-4,8,10H,5-7H2,(H2,15,17)(H,16,18). The number of hydrogen-bond acceptors (Lipinski definition) is 4. The summed E-state index contributed by atoms with van der Waals surface area (Å²) in [6.07, 6.45) is 1.36. The number of nitrogens with zero attached hydrogens (tertiary/aromatic N) is 1. The minimum Gasteiger partial charge on any atom is -0.375 e. The van der Waals surface area contributed by atoms with Gasteiger partial charge < -0.3 is 11.1 Å². The van der Waals surface area contributed by atoms with Gasteiger partial charge in [0.25, 0.3) is 0 Å². The van der Waals surface area contributed by atoms with E-state index in [2.05, 4.69) is 28.5 Å². The number of aromatic nitrogens is 1. The molecule has 19 heavy (non-hydrogen) atoms. The van der Waals surface area contributed by atoms with E-state index in [9.17, 15) is 4.79 Å². The van der Waals surface area contributed by atoms with Crippen molar-refractivity contribution in [2.24, 2.45) is 0 Å². The number of nitrogens with one attached hydrogen (secondary N) is 1. The molecule has 3 N–H and O–H groups in total. The molecule has 1 unspecified atom stereocenters. The molecule has 0 saturated carbocycles. The number of fused-ring (bicyclic) bond motifs is 1. The lowest BCUT2D eigenvalue weighted by atomic mass is 9.77. The molecule has 4 nitrogen and oxygen atoms in total. The fourth-order valence-corrected chi connectivity index (χ4v) is 2.98. The monoisotopic (exact) mass is 273 g/mol. The highest BCUT2D eigenvalue weighted by molar-refractivity contribution is 7.13. The van der Waals surface area contributed by atoms with Crippen molar-refractivity contribution >= 4 is 22.4 Å². The summed E-state index contributed by atoms with van der Waals surface area (Å²) in [7, 11) is 0. The Kier molecular flexibility index (Phi) is 3.21. The Morgan fingerprint density at radius 3 is 3.05 bits per heavy atom. The van der Waals surface area contributed by atoms with Crippen LogP contribution in [0.4, 0.5) is 5.13 Å². The Morgan fingerprint density at radius 2 is 2.32 bits per heavy atom. The summed E-state index contributed by atoms with van der Waals surface area (Å²) in [5.41, 5.74) is 9.04. The zero-order valence-electron chi connectivity index (χ0n) is 10.4. The molecule has 1 aliphatic rings. The van der Waals surface area contributed by atoms with Crippen molar-refractivity contribution in [3.05, 3.63) is 46.5 Å². The van der Waals surface area contributed by atoms with E-state index < -0.39 is 0 Å². The third-order valence-electron chi connectivity index (χ3n) is 3.42. The average molecular weight is 273 g/mol. The normalized spacial score (nSPS) is 16.5. The molecule has 2 aromatic rings. The lowest BCUT2D eigenvalue weighted by molar-refractivity contribution is -0.120. The van der Waals surface area contributed by atoms with Gasteiger partial charge in [0.05, 0.1) is 12.1 Å². The van der Waals surface area contributed by atoms with Gasteiger partial charge in [-0.3, -0.25) is 4.79 Å². The van der Waals surface area contributed by atoms with Crippen LogP contribution in [0, 0.1) is 0 Å². The number of carbonyl (C=O) groups excluding carboxylic acids is 1. The van der Waals surface area contributed by atoms with E-state index in [1.807, 2.05) is 11.4 Å². The molecule has 3 rings (SSSR count). The van der Waals surface area contributed by atoms with E-state index in [1.54, 1.807) is 0 Å². The zero-order valence-corrected chi connectivity index (χ0v) is 11.2. The third kappa shape index (κ3) is 2.61. The summed E-state index contributed by atoms with van der Waals surface area (Å²) in [5.74, 6) is 0.468. The number of rotatable bonds is 4.